The van der Waals surface area contributed by atoms with E-state index in [1.165, 1.54) is 22.3 Å². The number of piperidine rings is 1. The summed E-state index contributed by atoms with van der Waals surface area (Å²) in [6.45, 7) is 14.4. The largest absolute Gasteiger partial charge is 0.466 e. The number of hydrogen-bond acceptors (Lipinski definition) is 7. The van der Waals surface area contributed by atoms with Crippen molar-refractivity contribution in [2.24, 2.45) is 5.92 Å². The maximum absolute atomic E-state index is 12.0. The molecule has 8 heteroatoms. The van der Waals surface area contributed by atoms with Crippen molar-refractivity contribution < 1.29 is 14.1 Å². The van der Waals surface area contributed by atoms with E-state index < -0.39 is 0 Å². The van der Waals surface area contributed by atoms with Crippen LogP contribution >= 0.6 is 0 Å². The van der Waals surface area contributed by atoms with E-state index >= 15 is 0 Å². The minimum atomic E-state index is -0.0421. The molecule has 1 aliphatic heterocycles. The second-order valence-corrected chi connectivity index (χ2v) is 10.7. The Morgan fingerprint density at radius 2 is 1.75 bits per heavy atom. The van der Waals surface area contributed by atoms with Gasteiger partial charge in [-0.15, -0.1) is 0 Å². The molecule has 210 valence electrons. The van der Waals surface area contributed by atoms with E-state index in [1.54, 1.807) is 0 Å². The van der Waals surface area contributed by atoms with Gasteiger partial charge in [-0.3, -0.25) is 9.48 Å². The highest BCUT2D eigenvalue weighted by Crippen LogP contribution is 2.30. The van der Waals surface area contributed by atoms with Gasteiger partial charge in [0.15, 0.2) is 5.69 Å². The molecule has 0 aliphatic carbocycles. The molecule has 0 saturated carbocycles. The topological polar surface area (TPSA) is 86.3 Å². The summed E-state index contributed by atoms with van der Waals surface area (Å²) in [4.78, 5) is 19.2. The average Bonchev–Trinajstić information content (AvgIpc) is 3.61. The molecule has 0 spiro atoms. The average molecular weight is 542 g/mol. The normalized spacial score (nSPS) is 14.5. The maximum atomic E-state index is 12.0. The minimum Gasteiger partial charge on any atom is -0.466 e. The molecule has 0 amide bonds. The van der Waals surface area contributed by atoms with Gasteiger partial charge >= 0.3 is 5.97 Å². The lowest BCUT2D eigenvalue weighted by molar-refractivity contribution is -0.149. The van der Waals surface area contributed by atoms with E-state index in [0.29, 0.717) is 24.0 Å². The first kappa shape index (κ1) is 27.8. The van der Waals surface area contributed by atoms with Crippen molar-refractivity contribution >= 4 is 5.97 Å². The van der Waals surface area contributed by atoms with Crippen LogP contribution in [0.1, 0.15) is 48.9 Å². The summed E-state index contributed by atoms with van der Waals surface area (Å²) in [7, 11) is 0. The number of ether oxygens (including phenoxy) is 1. The van der Waals surface area contributed by atoms with Crippen molar-refractivity contribution in [1.82, 2.24) is 24.8 Å². The number of benzene rings is 2. The maximum Gasteiger partial charge on any atom is 0.309 e. The number of carbonyl (C=O) groups is 1. The molecule has 4 aromatic rings. The summed E-state index contributed by atoms with van der Waals surface area (Å²) in [5.74, 6) is 0.989. The Balaban J connectivity index is 1.28. The number of esters is 1. The Kier molecular flexibility index (Phi) is 8.45. The monoisotopic (exact) mass is 541 g/mol. The quantitative estimate of drug-likeness (QED) is 0.239. The predicted molar refractivity (Wildman–Crippen MR) is 156 cm³/mol. The van der Waals surface area contributed by atoms with Gasteiger partial charge in [-0.05, 0) is 107 Å². The zero-order valence-corrected chi connectivity index (χ0v) is 24.2. The third-order valence-corrected chi connectivity index (χ3v) is 7.99. The molecule has 1 saturated heterocycles. The van der Waals surface area contributed by atoms with Crippen LogP contribution in [0.3, 0.4) is 0 Å². The first-order chi connectivity index (χ1) is 19.4. The highest BCUT2D eigenvalue weighted by molar-refractivity contribution is 5.72. The molecule has 3 heterocycles. The Morgan fingerprint density at radius 3 is 2.42 bits per heavy atom. The molecule has 40 heavy (non-hydrogen) atoms. The van der Waals surface area contributed by atoms with Crippen LogP contribution in [0.5, 0.6) is 0 Å². The van der Waals surface area contributed by atoms with Gasteiger partial charge in [0.05, 0.1) is 18.2 Å². The number of aryl methyl sites for hydroxylation is 4. The summed E-state index contributed by atoms with van der Waals surface area (Å²) in [6, 6.07) is 14.6. The smallest absolute Gasteiger partial charge is 0.309 e. The third-order valence-electron chi connectivity index (χ3n) is 7.99. The molecule has 0 N–H and O–H groups in total. The summed E-state index contributed by atoms with van der Waals surface area (Å²) < 4.78 is 12.9. The lowest BCUT2D eigenvalue weighted by Crippen LogP contribution is -2.38. The molecule has 2 aromatic carbocycles. The third kappa shape index (κ3) is 5.87. The number of aromatic nitrogens is 4. The van der Waals surface area contributed by atoms with Crippen LogP contribution in [0.25, 0.3) is 34.2 Å². The van der Waals surface area contributed by atoms with E-state index in [-0.39, 0.29) is 11.9 Å². The SMILES string of the molecule is CCOC(=O)C1CCN(CCc2c(C)cc(-c3noc(-c4cc(-c5ccccc5C)n(CC)n4)n3)cc2C)CC1. The molecule has 2 aromatic heterocycles. The minimum absolute atomic E-state index is 0.0421. The lowest BCUT2D eigenvalue weighted by atomic mass is 9.94. The fraction of sp³-hybridized carbons (Fsp3) is 0.438. The van der Waals surface area contributed by atoms with Crippen molar-refractivity contribution in [1.29, 1.82) is 0 Å². The Bertz CT molecular complexity index is 1460. The lowest BCUT2D eigenvalue weighted by Gasteiger charge is -2.31. The van der Waals surface area contributed by atoms with Crippen LogP contribution < -0.4 is 0 Å². The zero-order chi connectivity index (χ0) is 28.2. The zero-order valence-electron chi connectivity index (χ0n) is 24.2. The first-order valence-corrected chi connectivity index (χ1v) is 14.3. The van der Waals surface area contributed by atoms with Crippen molar-refractivity contribution in [3.63, 3.8) is 0 Å². The summed E-state index contributed by atoms with van der Waals surface area (Å²) >= 11 is 0. The summed E-state index contributed by atoms with van der Waals surface area (Å²) in [5.41, 5.74) is 8.80. The molecule has 1 fully saturated rings. The molecule has 0 unspecified atom stereocenters. The molecule has 0 bridgehead atoms. The number of hydrogen-bond donors (Lipinski definition) is 0. The van der Waals surface area contributed by atoms with Crippen molar-refractivity contribution in [3.8, 4) is 34.2 Å². The summed E-state index contributed by atoms with van der Waals surface area (Å²) in [5, 5.41) is 9.06. The van der Waals surface area contributed by atoms with Gasteiger partial charge in [-0.2, -0.15) is 10.1 Å². The second-order valence-electron chi connectivity index (χ2n) is 10.7. The van der Waals surface area contributed by atoms with Crippen LogP contribution in [-0.2, 0) is 22.5 Å². The fourth-order valence-corrected chi connectivity index (χ4v) is 5.72. The number of nitrogens with zero attached hydrogens (tertiary/aromatic N) is 5. The van der Waals surface area contributed by atoms with Crippen molar-refractivity contribution in [2.45, 2.75) is 60.4 Å². The van der Waals surface area contributed by atoms with Gasteiger partial charge in [0, 0.05) is 24.2 Å². The van der Waals surface area contributed by atoms with Gasteiger partial charge < -0.3 is 14.2 Å². The van der Waals surface area contributed by atoms with Gasteiger partial charge in [-0.25, -0.2) is 0 Å². The van der Waals surface area contributed by atoms with E-state index in [0.717, 1.165) is 62.3 Å². The number of likely N-dealkylation sites (tertiary alicyclic amines) is 1. The number of rotatable bonds is 9. The molecule has 5 rings (SSSR count). The van der Waals surface area contributed by atoms with Crippen LogP contribution in [0.4, 0.5) is 0 Å². The van der Waals surface area contributed by atoms with Crippen LogP contribution in [0.15, 0.2) is 47.0 Å². The van der Waals surface area contributed by atoms with Crippen LogP contribution in [-0.4, -0.2) is 57.0 Å². The first-order valence-electron chi connectivity index (χ1n) is 14.3. The number of carbonyl (C=O) groups excluding carboxylic acids is 1. The van der Waals surface area contributed by atoms with Gasteiger partial charge in [0.1, 0.15) is 0 Å². The standard InChI is InChI=1S/C32H39N5O3/c1-6-37-29(27-11-9-8-10-21(27)3)20-28(34-37)31-33-30(35-40-31)25-18-22(4)26(23(5)19-25)14-17-36-15-12-24(13-16-36)32(38)39-7-2/h8-11,18-20,24H,6-7,12-17H2,1-5H3. The Hall–Kier alpha value is -3.78. The van der Waals surface area contributed by atoms with E-state index in [2.05, 4.69) is 62.0 Å². The second kappa shape index (κ2) is 12.2. The Morgan fingerprint density at radius 1 is 1.02 bits per heavy atom. The predicted octanol–water partition coefficient (Wildman–Crippen LogP) is 6.03. The fourth-order valence-electron chi connectivity index (χ4n) is 5.72. The Labute approximate surface area is 236 Å². The molecular weight excluding hydrogens is 502 g/mol. The van der Waals surface area contributed by atoms with Crippen LogP contribution in [0.2, 0.25) is 0 Å². The van der Waals surface area contributed by atoms with Gasteiger partial charge in [0.2, 0.25) is 5.82 Å². The molecule has 1 aliphatic rings. The van der Waals surface area contributed by atoms with E-state index in [1.807, 2.05) is 29.8 Å². The van der Waals surface area contributed by atoms with Crippen molar-refractivity contribution in [2.75, 3.05) is 26.2 Å². The highest BCUT2D eigenvalue weighted by atomic mass is 16.5. The van der Waals surface area contributed by atoms with Crippen LogP contribution in [0, 0.1) is 26.7 Å². The van der Waals surface area contributed by atoms with E-state index in [9.17, 15) is 4.79 Å². The summed E-state index contributed by atoms with van der Waals surface area (Å²) in [6.07, 6.45) is 2.72. The van der Waals surface area contributed by atoms with Crippen molar-refractivity contribution in [3.05, 3.63) is 64.7 Å². The highest BCUT2D eigenvalue weighted by Gasteiger charge is 2.26. The molecule has 8 nitrogen and oxygen atoms in total. The van der Waals surface area contributed by atoms with Gasteiger partial charge in [0.25, 0.3) is 5.89 Å². The molecule has 0 atom stereocenters. The van der Waals surface area contributed by atoms with Gasteiger partial charge in [-0.1, -0.05) is 29.4 Å². The molecule has 0 radical (unpaired) electrons. The molecular formula is C32H39N5O3. The van der Waals surface area contributed by atoms with E-state index in [4.69, 9.17) is 19.3 Å².